The fourth-order valence-electron chi connectivity index (χ4n) is 2.55. The zero-order valence-corrected chi connectivity index (χ0v) is 14.2. The van der Waals surface area contributed by atoms with Gasteiger partial charge in [0.05, 0.1) is 23.7 Å². The topological polar surface area (TPSA) is 49.7 Å². The summed E-state index contributed by atoms with van der Waals surface area (Å²) in [5, 5.41) is 8.81. The maximum Gasteiger partial charge on any atom is 0.126 e. The molecular weight excluding hydrogens is 285 g/mol. The molecule has 0 aliphatic rings. The average molecular weight is 307 g/mol. The molecule has 0 aliphatic heterocycles. The van der Waals surface area contributed by atoms with Gasteiger partial charge in [-0.25, -0.2) is 0 Å². The van der Waals surface area contributed by atoms with E-state index >= 15 is 0 Å². The van der Waals surface area contributed by atoms with Crippen molar-refractivity contribution in [1.29, 1.82) is 5.26 Å². The normalized spacial score (nSPS) is 11.0. The van der Waals surface area contributed by atoms with Crippen molar-refractivity contribution in [2.24, 2.45) is 0 Å². The van der Waals surface area contributed by atoms with Crippen LogP contribution in [-0.4, -0.2) is 17.6 Å². The summed E-state index contributed by atoms with van der Waals surface area (Å²) in [7, 11) is 1.99. The fourth-order valence-corrected chi connectivity index (χ4v) is 2.55. The maximum absolute atomic E-state index is 12.4. The molecule has 1 aromatic heterocycles. The number of carbonyl (C=O) groups excluding carboxylic acids is 1. The minimum Gasteiger partial charge on any atom is -0.298 e. The van der Waals surface area contributed by atoms with Gasteiger partial charge in [0, 0.05) is 11.3 Å². The van der Waals surface area contributed by atoms with Gasteiger partial charge >= 0.3 is 0 Å². The molecule has 0 saturated heterocycles. The van der Waals surface area contributed by atoms with E-state index in [-0.39, 0.29) is 5.78 Å². The molecule has 0 bridgehead atoms. The van der Waals surface area contributed by atoms with Crippen molar-refractivity contribution in [3.05, 3.63) is 47.8 Å². The van der Waals surface area contributed by atoms with Gasteiger partial charge in [-0.15, -0.1) is 0 Å². The van der Waals surface area contributed by atoms with Crippen LogP contribution in [0, 0.1) is 11.3 Å². The zero-order valence-electron chi connectivity index (χ0n) is 14.2. The van der Waals surface area contributed by atoms with Gasteiger partial charge in [0.25, 0.3) is 0 Å². The van der Waals surface area contributed by atoms with Gasteiger partial charge in [0.1, 0.15) is 18.2 Å². The van der Waals surface area contributed by atoms with E-state index in [1.807, 2.05) is 7.28 Å². The van der Waals surface area contributed by atoms with Gasteiger partial charge in [-0.1, -0.05) is 12.1 Å². The van der Waals surface area contributed by atoms with Crippen molar-refractivity contribution in [1.82, 2.24) is 4.57 Å². The summed E-state index contributed by atoms with van der Waals surface area (Å²) in [4.78, 5) is 12.4. The molecule has 0 atom stereocenters. The number of hydrogen-bond acceptors (Lipinski definition) is 2. The van der Waals surface area contributed by atoms with Gasteiger partial charge in [-0.3, -0.25) is 13.9 Å². The second kappa shape index (κ2) is 7.28. The first-order chi connectivity index (χ1) is 10.9. The number of Topliss-reactive ketones (excluding diaryl/α,β-unsaturated/α-hetero) is 1. The van der Waals surface area contributed by atoms with Crippen LogP contribution in [0.4, 0.5) is 0 Å². The van der Waals surface area contributed by atoms with Crippen molar-refractivity contribution >= 4 is 18.8 Å². The molecule has 1 heterocycles. The Bertz CT molecular complexity index is 698. The Morgan fingerprint density at radius 1 is 1.26 bits per heavy atom. The molecular formula is C18H22BN3O. The van der Waals surface area contributed by atoms with Crippen molar-refractivity contribution in [3.63, 3.8) is 0 Å². The molecule has 118 valence electrons. The van der Waals surface area contributed by atoms with Gasteiger partial charge < -0.3 is 0 Å². The monoisotopic (exact) mass is 307 g/mol. The predicted molar refractivity (Wildman–Crippen MR) is 91.1 cm³/mol. The van der Waals surface area contributed by atoms with E-state index in [4.69, 9.17) is 5.26 Å². The van der Waals surface area contributed by atoms with Crippen molar-refractivity contribution in [2.45, 2.75) is 46.1 Å². The van der Waals surface area contributed by atoms with E-state index in [1.165, 1.54) is 0 Å². The molecule has 0 amide bonds. The SMILES string of the molecule is CC(C)n1cc[n+](C(C)C)c1[B-]CC(=O)c1ccc(C#N)cc1. The van der Waals surface area contributed by atoms with Crippen LogP contribution < -0.4 is 10.3 Å². The number of imidazole rings is 1. The Kier molecular flexibility index (Phi) is 5.38. The van der Waals surface area contributed by atoms with Gasteiger partial charge in [-0.05, 0) is 39.8 Å². The van der Waals surface area contributed by atoms with Gasteiger partial charge in [0.2, 0.25) is 0 Å². The fraction of sp³-hybridized carbons (Fsp3) is 0.389. The summed E-state index contributed by atoms with van der Waals surface area (Å²) in [6.45, 7) is 8.52. The van der Waals surface area contributed by atoms with Crippen LogP contribution in [0.1, 0.15) is 55.7 Å². The first-order valence-corrected chi connectivity index (χ1v) is 7.92. The lowest BCUT2D eigenvalue weighted by Gasteiger charge is -2.19. The minimum atomic E-state index is 0.0568. The molecule has 0 spiro atoms. The summed E-state index contributed by atoms with van der Waals surface area (Å²) >= 11 is 0. The first-order valence-electron chi connectivity index (χ1n) is 7.92. The lowest BCUT2D eigenvalue weighted by molar-refractivity contribution is -0.699. The van der Waals surface area contributed by atoms with E-state index in [2.05, 4.69) is 55.3 Å². The van der Waals surface area contributed by atoms with Crippen LogP contribution >= 0.6 is 0 Å². The Labute approximate surface area is 138 Å². The second-order valence-electron chi connectivity index (χ2n) is 6.18. The Balaban J connectivity index is 2.15. The van der Waals surface area contributed by atoms with E-state index in [0.29, 0.717) is 29.5 Å². The standard InChI is InChI=1S/C18H22BN3O/c1-13(2)21-9-10-22(14(3)4)18(21)19-11-17(23)16-7-5-15(12-20)6-8-16/h5-10,13-14H,11H2,1-4H3. The van der Waals surface area contributed by atoms with Crippen LogP contribution in [-0.2, 0) is 0 Å². The molecule has 0 fully saturated rings. The van der Waals surface area contributed by atoms with Crippen LogP contribution in [0.2, 0.25) is 6.32 Å². The average Bonchev–Trinajstić information content (AvgIpc) is 2.97. The molecule has 23 heavy (non-hydrogen) atoms. The summed E-state index contributed by atoms with van der Waals surface area (Å²) in [6, 6.07) is 9.53. The highest BCUT2D eigenvalue weighted by Crippen LogP contribution is 2.07. The van der Waals surface area contributed by atoms with E-state index in [1.54, 1.807) is 24.3 Å². The molecule has 0 saturated carbocycles. The van der Waals surface area contributed by atoms with Gasteiger partial charge in [0.15, 0.2) is 0 Å². The van der Waals surface area contributed by atoms with Crippen LogP contribution in [0.5, 0.6) is 0 Å². The molecule has 4 nitrogen and oxygen atoms in total. The van der Waals surface area contributed by atoms with Crippen molar-refractivity contribution in [2.75, 3.05) is 0 Å². The number of ketones is 1. The number of rotatable bonds is 6. The summed E-state index contributed by atoms with van der Waals surface area (Å²) in [6.07, 6.45) is 4.46. The highest BCUT2D eigenvalue weighted by atomic mass is 16.1. The third-order valence-electron chi connectivity index (χ3n) is 3.84. The number of carbonyl (C=O) groups is 1. The second-order valence-corrected chi connectivity index (χ2v) is 6.18. The third kappa shape index (κ3) is 3.90. The summed E-state index contributed by atoms with van der Waals surface area (Å²) < 4.78 is 4.35. The predicted octanol–water partition coefficient (Wildman–Crippen LogP) is 2.44. The third-order valence-corrected chi connectivity index (χ3v) is 3.84. The number of nitrogens with zero attached hydrogens (tertiary/aromatic N) is 3. The lowest BCUT2D eigenvalue weighted by atomic mass is 9.70. The highest BCUT2D eigenvalue weighted by Gasteiger charge is 2.13. The molecule has 2 radical (unpaired) electrons. The first kappa shape index (κ1) is 17.0. The molecule has 0 aliphatic carbocycles. The smallest absolute Gasteiger partial charge is 0.126 e. The number of aromatic nitrogens is 2. The largest absolute Gasteiger partial charge is 0.298 e. The van der Waals surface area contributed by atoms with E-state index in [9.17, 15) is 4.79 Å². The number of benzene rings is 1. The Morgan fingerprint density at radius 2 is 1.91 bits per heavy atom. The summed E-state index contributed by atoms with van der Waals surface area (Å²) in [5.74, 6) is 0.0568. The Hall–Kier alpha value is -2.35. The molecule has 2 aromatic rings. The molecule has 2 rings (SSSR count). The van der Waals surface area contributed by atoms with E-state index < -0.39 is 0 Å². The van der Waals surface area contributed by atoms with Crippen LogP contribution in [0.3, 0.4) is 0 Å². The van der Waals surface area contributed by atoms with Crippen molar-refractivity contribution in [3.8, 4) is 6.07 Å². The van der Waals surface area contributed by atoms with E-state index in [0.717, 1.165) is 5.72 Å². The van der Waals surface area contributed by atoms with Crippen LogP contribution in [0.25, 0.3) is 0 Å². The van der Waals surface area contributed by atoms with Crippen LogP contribution in [0.15, 0.2) is 36.7 Å². The van der Waals surface area contributed by atoms with Crippen molar-refractivity contribution < 1.29 is 9.36 Å². The lowest BCUT2D eigenvalue weighted by Crippen LogP contribution is -2.54. The number of hydrogen-bond donors (Lipinski definition) is 0. The van der Waals surface area contributed by atoms with Gasteiger partial charge in [-0.2, -0.15) is 18.9 Å². The Morgan fingerprint density at radius 3 is 2.43 bits per heavy atom. The summed E-state index contributed by atoms with van der Waals surface area (Å²) in [5.41, 5.74) is 2.26. The molecule has 0 unspecified atom stereocenters. The minimum absolute atomic E-state index is 0.0568. The zero-order chi connectivity index (χ0) is 17.0. The molecule has 5 heteroatoms. The number of nitriles is 1. The molecule has 0 N–H and O–H groups in total. The molecule has 1 aromatic carbocycles. The quantitative estimate of drug-likeness (QED) is 0.467. The maximum atomic E-state index is 12.4. The highest BCUT2D eigenvalue weighted by molar-refractivity contribution is 6.55.